The Kier molecular flexibility index (Phi) is 6.14. The van der Waals surface area contributed by atoms with E-state index in [1.165, 1.54) is 0 Å². The maximum atomic E-state index is 10.8. The number of hydrogen-bond donors (Lipinski definition) is 2. The van der Waals surface area contributed by atoms with Gasteiger partial charge in [-0.2, -0.15) is 0 Å². The van der Waals surface area contributed by atoms with Crippen LogP contribution in [-0.4, -0.2) is 39.7 Å². The zero-order valence-electron chi connectivity index (χ0n) is 10.9. The van der Waals surface area contributed by atoms with Crippen molar-refractivity contribution in [2.45, 2.75) is 18.6 Å². The SMILES string of the molecule is Cl.Cl.O=C(O)C1CC(Oc2cnc3ccccc3n2)CN1. The van der Waals surface area contributed by atoms with E-state index in [9.17, 15) is 4.79 Å². The zero-order valence-corrected chi connectivity index (χ0v) is 12.6. The van der Waals surface area contributed by atoms with Crippen LogP contribution in [-0.2, 0) is 4.79 Å². The Bertz CT molecular complexity index is 626. The van der Waals surface area contributed by atoms with Crippen LogP contribution in [0.2, 0.25) is 0 Å². The number of para-hydroxylation sites is 2. The molecule has 8 heteroatoms. The first kappa shape index (κ1) is 17.4. The van der Waals surface area contributed by atoms with E-state index in [4.69, 9.17) is 9.84 Å². The maximum absolute atomic E-state index is 10.8. The van der Waals surface area contributed by atoms with E-state index < -0.39 is 12.0 Å². The molecular weight excluding hydrogens is 317 g/mol. The third-order valence-electron chi connectivity index (χ3n) is 3.10. The second-order valence-electron chi connectivity index (χ2n) is 4.47. The fourth-order valence-corrected chi connectivity index (χ4v) is 2.15. The number of fused-ring (bicyclic) bond motifs is 1. The van der Waals surface area contributed by atoms with Crippen LogP contribution >= 0.6 is 24.8 Å². The molecule has 3 rings (SSSR count). The first-order valence-corrected chi connectivity index (χ1v) is 6.07. The standard InChI is InChI=1S/C13H13N3O3.2ClH/c17-13(18)11-5-8(6-14-11)19-12-7-15-9-3-1-2-4-10(9)16-12;;/h1-4,7-8,11,14H,5-6H2,(H,17,18);2*1H. The van der Waals surface area contributed by atoms with Crippen LogP contribution in [0.3, 0.4) is 0 Å². The highest BCUT2D eigenvalue weighted by atomic mass is 35.5. The number of benzene rings is 1. The molecule has 1 aromatic carbocycles. The minimum absolute atomic E-state index is 0. The normalized spacial score (nSPS) is 20.4. The lowest BCUT2D eigenvalue weighted by molar-refractivity contribution is -0.139. The van der Waals surface area contributed by atoms with Gasteiger partial charge < -0.3 is 15.2 Å². The maximum Gasteiger partial charge on any atom is 0.320 e. The van der Waals surface area contributed by atoms with Gasteiger partial charge in [0.2, 0.25) is 5.88 Å². The molecule has 0 spiro atoms. The first-order chi connectivity index (χ1) is 9.22. The Hall–Kier alpha value is -1.63. The summed E-state index contributed by atoms with van der Waals surface area (Å²) in [6.45, 7) is 0.505. The summed E-state index contributed by atoms with van der Waals surface area (Å²) >= 11 is 0. The van der Waals surface area contributed by atoms with E-state index >= 15 is 0 Å². The third kappa shape index (κ3) is 3.93. The van der Waals surface area contributed by atoms with Crippen molar-refractivity contribution < 1.29 is 14.6 Å². The highest BCUT2D eigenvalue weighted by molar-refractivity contribution is 5.85. The van der Waals surface area contributed by atoms with Gasteiger partial charge in [-0.25, -0.2) is 9.97 Å². The average molecular weight is 332 g/mol. The summed E-state index contributed by atoms with van der Waals surface area (Å²) in [7, 11) is 0. The number of carboxylic acid groups (broad SMARTS) is 1. The quantitative estimate of drug-likeness (QED) is 0.889. The molecule has 114 valence electrons. The molecule has 2 aromatic rings. The zero-order chi connectivity index (χ0) is 13.2. The van der Waals surface area contributed by atoms with Crippen LogP contribution < -0.4 is 10.1 Å². The van der Waals surface area contributed by atoms with Gasteiger partial charge in [0.15, 0.2) is 0 Å². The Morgan fingerprint density at radius 2 is 2.00 bits per heavy atom. The summed E-state index contributed by atoms with van der Waals surface area (Å²) in [5.74, 6) is -0.424. The number of halogens is 2. The summed E-state index contributed by atoms with van der Waals surface area (Å²) in [6.07, 6.45) is 1.82. The lowest BCUT2D eigenvalue weighted by Crippen LogP contribution is -2.30. The molecule has 2 N–H and O–H groups in total. The van der Waals surface area contributed by atoms with Crippen LogP contribution in [0.15, 0.2) is 30.5 Å². The topological polar surface area (TPSA) is 84.3 Å². The van der Waals surface area contributed by atoms with E-state index in [-0.39, 0.29) is 30.9 Å². The minimum atomic E-state index is -0.851. The van der Waals surface area contributed by atoms with Crippen molar-refractivity contribution in [3.63, 3.8) is 0 Å². The fourth-order valence-electron chi connectivity index (χ4n) is 2.15. The van der Waals surface area contributed by atoms with E-state index in [0.717, 1.165) is 11.0 Å². The molecule has 2 atom stereocenters. The number of hydrogen-bond acceptors (Lipinski definition) is 5. The molecule has 1 aliphatic rings. The fraction of sp³-hybridized carbons (Fsp3) is 0.308. The third-order valence-corrected chi connectivity index (χ3v) is 3.10. The second-order valence-corrected chi connectivity index (χ2v) is 4.47. The Labute approximate surface area is 133 Å². The van der Waals surface area contributed by atoms with Gasteiger partial charge >= 0.3 is 5.97 Å². The van der Waals surface area contributed by atoms with Gasteiger partial charge in [0, 0.05) is 13.0 Å². The van der Waals surface area contributed by atoms with Gasteiger partial charge in [-0.1, -0.05) is 12.1 Å². The molecule has 1 aliphatic heterocycles. The van der Waals surface area contributed by atoms with Crippen molar-refractivity contribution in [2.24, 2.45) is 0 Å². The van der Waals surface area contributed by atoms with E-state index in [1.54, 1.807) is 6.20 Å². The number of rotatable bonds is 3. The van der Waals surface area contributed by atoms with Crippen LogP contribution in [0.1, 0.15) is 6.42 Å². The van der Waals surface area contributed by atoms with Crippen LogP contribution in [0.4, 0.5) is 0 Å². The second kappa shape index (κ2) is 7.40. The van der Waals surface area contributed by atoms with E-state index in [0.29, 0.717) is 18.8 Å². The van der Waals surface area contributed by atoms with E-state index in [1.807, 2.05) is 24.3 Å². The van der Waals surface area contributed by atoms with Crippen LogP contribution in [0.25, 0.3) is 11.0 Å². The van der Waals surface area contributed by atoms with Gasteiger partial charge in [-0.15, -0.1) is 24.8 Å². The van der Waals surface area contributed by atoms with Gasteiger partial charge in [-0.3, -0.25) is 4.79 Å². The van der Waals surface area contributed by atoms with Crippen molar-refractivity contribution in [2.75, 3.05) is 6.54 Å². The smallest absolute Gasteiger partial charge is 0.320 e. The monoisotopic (exact) mass is 331 g/mol. The molecule has 1 fully saturated rings. The van der Waals surface area contributed by atoms with Crippen molar-refractivity contribution in [3.8, 4) is 5.88 Å². The van der Waals surface area contributed by atoms with Crippen molar-refractivity contribution in [1.82, 2.24) is 15.3 Å². The molecule has 6 nitrogen and oxygen atoms in total. The molecule has 0 saturated carbocycles. The first-order valence-electron chi connectivity index (χ1n) is 6.07. The summed E-state index contributed by atoms with van der Waals surface area (Å²) in [5.41, 5.74) is 1.57. The summed E-state index contributed by atoms with van der Waals surface area (Å²) in [5, 5.41) is 11.8. The molecule has 1 aromatic heterocycles. The average Bonchev–Trinajstić information content (AvgIpc) is 2.87. The molecule has 1 saturated heterocycles. The minimum Gasteiger partial charge on any atom is -0.480 e. The molecule has 21 heavy (non-hydrogen) atoms. The Morgan fingerprint density at radius 1 is 1.29 bits per heavy atom. The number of carbonyl (C=O) groups is 1. The molecule has 0 radical (unpaired) electrons. The van der Waals surface area contributed by atoms with Gasteiger partial charge in [0.05, 0.1) is 17.2 Å². The number of aromatic nitrogens is 2. The predicted octanol–water partition coefficient (Wildman–Crippen LogP) is 1.67. The Morgan fingerprint density at radius 3 is 2.67 bits per heavy atom. The largest absolute Gasteiger partial charge is 0.480 e. The molecule has 0 amide bonds. The molecular formula is C13H15Cl2N3O3. The summed E-state index contributed by atoms with van der Waals surface area (Å²) in [4.78, 5) is 19.4. The number of aliphatic carboxylic acids is 1. The summed E-state index contributed by atoms with van der Waals surface area (Å²) in [6, 6.07) is 6.98. The summed E-state index contributed by atoms with van der Waals surface area (Å²) < 4.78 is 5.66. The number of nitrogens with zero attached hydrogens (tertiary/aromatic N) is 2. The van der Waals surface area contributed by atoms with Crippen molar-refractivity contribution in [1.29, 1.82) is 0 Å². The molecule has 2 unspecified atom stereocenters. The van der Waals surface area contributed by atoms with Gasteiger partial charge in [0.25, 0.3) is 0 Å². The molecule has 0 aliphatic carbocycles. The number of carboxylic acids is 1. The van der Waals surface area contributed by atoms with E-state index in [2.05, 4.69) is 15.3 Å². The van der Waals surface area contributed by atoms with Crippen LogP contribution in [0.5, 0.6) is 5.88 Å². The molecule has 2 heterocycles. The highest BCUT2D eigenvalue weighted by Crippen LogP contribution is 2.17. The van der Waals surface area contributed by atoms with Crippen molar-refractivity contribution in [3.05, 3.63) is 30.5 Å². The van der Waals surface area contributed by atoms with Crippen molar-refractivity contribution >= 4 is 41.8 Å². The lowest BCUT2D eigenvalue weighted by atomic mass is 10.2. The Balaban J connectivity index is 0.00000110. The lowest BCUT2D eigenvalue weighted by Gasteiger charge is -2.11. The predicted molar refractivity (Wildman–Crippen MR) is 82.5 cm³/mol. The molecule has 0 bridgehead atoms. The van der Waals surface area contributed by atoms with Gasteiger partial charge in [-0.05, 0) is 12.1 Å². The van der Waals surface area contributed by atoms with Gasteiger partial charge in [0.1, 0.15) is 12.1 Å². The number of nitrogens with one attached hydrogen (secondary N) is 1. The number of ether oxygens (including phenoxy) is 1. The van der Waals surface area contributed by atoms with Crippen LogP contribution in [0, 0.1) is 0 Å². The highest BCUT2D eigenvalue weighted by Gasteiger charge is 2.30.